The van der Waals surface area contributed by atoms with Gasteiger partial charge >= 0.3 is 21.8 Å². The molecule has 28 nitrogen and oxygen atoms in total. The molecule has 6 rings (SSSR count). The average Bonchev–Trinajstić information content (AvgIpc) is 1.60. The van der Waals surface area contributed by atoms with Gasteiger partial charge in [-0.05, 0) is 101 Å². The Morgan fingerprint density at radius 2 is 1.48 bits per heavy atom. The van der Waals surface area contributed by atoms with Crippen molar-refractivity contribution < 1.29 is 96.3 Å². The van der Waals surface area contributed by atoms with Gasteiger partial charge in [0, 0.05) is 101 Å². The molecule has 0 radical (unpaired) electrons. The summed E-state index contributed by atoms with van der Waals surface area (Å²) in [6.45, 7) is 19.0. The van der Waals surface area contributed by atoms with Crippen LogP contribution in [0.3, 0.4) is 0 Å². The van der Waals surface area contributed by atoms with Crippen molar-refractivity contribution in [2.45, 2.75) is 138 Å². The number of nitrogens with zero attached hydrogens (tertiary/aromatic N) is 3. The number of anilines is 1. The Morgan fingerprint density at radius 3 is 2.13 bits per heavy atom. The van der Waals surface area contributed by atoms with E-state index >= 15 is 0 Å². The quantitative estimate of drug-likeness (QED) is 0.00570. The SMILES string of the molecule is CCN1/C(=C/C=C/C=C/C2=[N+](CCCCCC(=O)NCCOCCOCCOCCOCCC(=O)NCC(C)(C)SSCO[C@@H]3C[C@H](n4cc(C)c(=O)[nH]c4=O)O[C@@H]3COP(=O)(O)O[P+](=O)O)c3ccc(S(=O)(=O)O)cc3C2(C)C)C(C)(C)c2cc(S(=O)(=O)O)ccc21. The summed E-state index contributed by atoms with van der Waals surface area (Å²) in [5.74, 6) is -0.212. The van der Waals surface area contributed by atoms with Gasteiger partial charge in [-0.2, -0.15) is 21.4 Å². The smallest absolute Gasteiger partial charge is 0.379 e. The zero-order chi connectivity index (χ0) is 68.4. The number of aryl methyl sites for hydroxylation is 1. The number of phosphoric acid groups is 1. The molecule has 4 heterocycles. The molecule has 0 aliphatic carbocycles. The number of allylic oxidation sites excluding steroid dienone is 6. The van der Waals surface area contributed by atoms with Crippen LogP contribution < -0.4 is 26.8 Å². The Morgan fingerprint density at radius 1 is 0.860 bits per heavy atom. The topological polar surface area (TPSA) is 376 Å². The Kier molecular flexibility index (Phi) is 29.0. The second-order valence-corrected chi connectivity index (χ2v) is 31.6. The maximum Gasteiger partial charge on any atom is 0.705 e. The lowest BCUT2D eigenvalue weighted by atomic mass is 9.81. The lowest BCUT2D eigenvalue weighted by Crippen LogP contribution is -2.36. The van der Waals surface area contributed by atoms with Crippen LogP contribution in [0.2, 0.25) is 0 Å². The summed E-state index contributed by atoms with van der Waals surface area (Å²) < 4.78 is 137. The number of hydrogen-bond acceptors (Lipinski definition) is 21. The third-order valence-electron chi connectivity index (χ3n) is 15.4. The normalized spacial score (nSPS) is 19.2. The number of aromatic nitrogens is 2. The molecular weight excluding hydrogens is 1330 g/mol. The summed E-state index contributed by atoms with van der Waals surface area (Å²) in [6.07, 6.45) is 10.9. The molecular formula is C59H86N6O22P2S4+2. The summed E-state index contributed by atoms with van der Waals surface area (Å²) >= 11 is 0. The fourth-order valence-corrected chi connectivity index (χ4v) is 15.0. The Hall–Kier alpha value is -4.80. The van der Waals surface area contributed by atoms with Crippen molar-refractivity contribution in [3.8, 4) is 0 Å². The maximum absolute atomic E-state index is 12.7. The molecule has 93 heavy (non-hydrogen) atoms. The largest absolute Gasteiger partial charge is 0.705 e. The van der Waals surface area contributed by atoms with Crippen molar-refractivity contribution in [2.24, 2.45) is 0 Å². The molecule has 7 N–H and O–H groups in total. The van der Waals surface area contributed by atoms with Crippen molar-refractivity contribution in [3.63, 3.8) is 0 Å². The highest BCUT2D eigenvalue weighted by Gasteiger charge is 2.46. The highest BCUT2D eigenvalue weighted by atomic mass is 33.1. The van der Waals surface area contributed by atoms with Crippen LogP contribution in [0.4, 0.5) is 11.4 Å². The molecule has 3 aliphatic rings. The first-order valence-electron chi connectivity index (χ1n) is 30.0. The minimum absolute atomic E-state index is 0.0843. The van der Waals surface area contributed by atoms with Crippen LogP contribution in [-0.4, -0.2) is 176 Å². The third kappa shape index (κ3) is 22.9. The van der Waals surface area contributed by atoms with Crippen molar-refractivity contribution >= 4 is 86.8 Å². The second-order valence-electron chi connectivity index (χ2n) is 23.5. The van der Waals surface area contributed by atoms with Gasteiger partial charge in [0.2, 0.25) is 17.5 Å². The molecule has 0 spiro atoms. The van der Waals surface area contributed by atoms with Gasteiger partial charge < -0.3 is 44.0 Å². The Balaban J connectivity index is 0.797. The molecule has 1 aromatic heterocycles. The summed E-state index contributed by atoms with van der Waals surface area (Å²) in [4.78, 5) is 72.3. The number of amides is 2. The molecule has 516 valence electrons. The van der Waals surface area contributed by atoms with E-state index in [9.17, 15) is 59.1 Å². The molecule has 3 aromatic rings. The number of hydrogen-bond donors (Lipinski definition) is 7. The van der Waals surface area contributed by atoms with Gasteiger partial charge in [0.25, 0.3) is 25.8 Å². The van der Waals surface area contributed by atoms with Crippen molar-refractivity contribution in [3.05, 3.63) is 116 Å². The third-order valence-corrected chi connectivity index (χ3v) is 21.9. The minimum atomic E-state index is -4.93. The molecule has 3 aliphatic heterocycles. The van der Waals surface area contributed by atoms with Crippen LogP contribution in [-0.2, 0) is 87.0 Å². The predicted molar refractivity (Wildman–Crippen MR) is 350 cm³/mol. The fraction of sp³-hybridized carbons (Fsp3) is 0.576. The number of carbonyl (C=O) groups excluding carboxylic acids is 2. The van der Waals surface area contributed by atoms with E-state index < -0.39 is 88.2 Å². The number of benzene rings is 2. The van der Waals surface area contributed by atoms with Crippen molar-refractivity contribution in [2.75, 3.05) is 96.5 Å². The highest BCUT2D eigenvalue weighted by molar-refractivity contribution is 8.77. The molecule has 2 aromatic carbocycles. The van der Waals surface area contributed by atoms with E-state index in [4.69, 9.17) is 37.8 Å². The summed E-state index contributed by atoms with van der Waals surface area (Å²) in [6, 6.07) is 9.25. The van der Waals surface area contributed by atoms with Gasteiger partial charge in [-0.1, -0.05) is 53.7 Å². The number of carbonyl (C=O) groups is 2. The molecule has 2 amide bonds. The molecule has 5 atom stereocenters. The summed E-state index contributed by atoms with van der Waals surface area (Å²) in [7, 11) is -14.5. The van der Waals surface area contributed by atoms with E-state index in [1.807, 2.05) is 78.8 Å². The second kappa shape index (κ2) is 34.9. The van der Waals surface area contributed by atoms with Gasteiger partial charge in [0.1, 0.15) is 24.8 Å². The first kappa shape index (κ1) is 77.2. The van der Waals surface area contributed by atoms with Crippen LogP contribution in [0.5, 0.6) is 0 Å². The van der Waals surface area contributed by atoms with E-state index in [0.29, 0.717) is 78.7 Å². The molecule has 0 saturated carbocycles. The van der Waals surface area contributed by atoms with Crippen molar-refractivity contribution in [1.82, 2.24) is 20.2 Å². The number of phosphoric ester groups is 1. The molecule has 1 fully saturated rings. The van der Waals surface area contributed by atoms with E-state index in [2.05, 4.69) is 29.4 Å². The van der Waals surface area contributed by atoms with E-state index in [-0.39, 0.29) is 59.2 Å². The van der Waals surface area contributed by atoms with E-state index in [1.54, 1.807) is 12.1 Å². The van der Waals surface area contributed by atoms with Crippen LogP contribution in [0.1, 0.15) is 110 Å². The predicted octanol–water partition coefficient (Wildman–Crippen LogP) is 7.05. The lowest BCUT2D eigenvalue weighted by molar-refractivity contribution is -0.438. The van der Waals surface area contributed by atoms with E-state index in [0.717, 1.165) is 51.3 Å². The molecule has 0 bridgehead atoms. The number of likely N-dealkylation sites (N-methyl/N-ethyl adjacent to an activating group) is 1. The van der Waals surface area contributed by atoms with Gasteiger partial charge in [-0.3, -0.25) is 42.5 Å². The zero-order valence-electron chi connectivity index (χ0n) is 53.3. The van der Waals surface area contributed by atoms with E-state index in [1.165, 1.54) is 59.0 Å². The number of aromatic amines is 1. The number of ether oxygens (including phenoxy) is 6. The summed E-state index contributed by atoms with van der Waals surface area (Å²) in [5.41, 5.74) is 2.81. The van der Waals surface area contributed by atoms with Crippen molar-refractivity contribution in [1.29, 1.82) is 0 Å². The van der Waals surface area contributed by atoms with Crippen LogP contribution in [0.15, 0.2) is 98.1 Å². The standard InChI is InChI=1S/C59H84N6O22P2S4/c1-9-63-46-21-19-42(92(74,75)76)34-44(46)58(5,6)50(63)16-12-10-13-17-51-59(7,8)45-35-43(93(77,78)79)20-22-47(45)64(51)25-15-11-14-18-52(66)60-24-27-81-29-31-83-33-32-82-30-28-80-26-23-53(67)61-39-57(3,4)91-90-40-84-48-36-54(65-37-41(2)55(68)62-56(65)69)86-49(48)38-85-89(72,73)87-88(70)71/h10,12-13,16-17,19-22,34-35,37,48-49,54H,9,11,14-15,18,23-33,36,38-40H2,1-8H3,(H5-2,60,61,62,66,67,68,69,70,71,72,73,74,75,76,77,78,79)/p+2/t48-,49-,54-/m1/s1. The number of rotatable bonds is 40. The Bertz CT molecular complexity index is 3650. The van der Waals surface area contributed by atoms with Gasteiger partial charge in [-0.25, -0.2) is 9.36 Å². The number of nitrogens with one attached hydrogen (secondary N) is 3. The van der Waals surface area contributed by atoms with Gasteiger partial charge in [0.15, 0.2) is 5.71 Å². The first-order chi connectivity index (χ1) is 43.8. The maximum atomic E-state index is 12.7. The van der Waals surface area contributed by atoms with Crippen LogP contribution in [0, 0.1) is 6.92 Å². The zero-order valence-corrected chi connectivity index (χ0v) is 58.4. The minimum Gasteiger partial charge on any atom is -0.379 e. The highest BCUT2D eigenvalue weighted by Crippen LogP contribution is 2.52. The van der Waals surface area contributed by atoms with Crippen LogP contribution in [0.25, 0.3) is 0 Å². The molecule has 34 heteroatoms. The summed E-state index contributed by atoms with van der Waals surface area (Å²) in [5, 5.41) is 5.78. The Labute approximate surface area is 550 Å². The van der Waals surface area contributed by atoms with Gasteiger partial charge in [0.05, 0.1) is 80.8 Å². The first-order valence-corrected chi connectivity index (χ1v) is 37.9. The van der Waals surface area contributed by atoms with Gasteiger partial charge in [-0.15, -0.1) is 4.89 Å². The molecule has 1 saturated heterocycles. The average molecular weight is 1420 g/mol. The number of H-pyrrole nitrogens is 1. The molecule has 2 unspecified atom stereocenters. The van der Waals surface area contributed by atoms with Crippen LogP contribution >= 0.6 is 37.7 Å². The lowest BCUT2D eigenvalue weighted by Gasteiger charge is -2.25. The monoisotopic (exact) mass is 1420 g/mol. The fourth-order valence-electron chi connectivity index (χ4n) is 10.6. The number of fused-ring (bicyclic) bond motifs is 2. The number of unbranched alkanes of at least 4 members (excludes halogenated alkanes) is 2.